The van der Waals surface area contributed by atoms with Gasteiger partial charge in [-0.05, 0) is 41.0 Å². The van der Waals surface area contributed by atoms with E-state index in [-0.39, 0.29) is 16.9 Å². The lowest BCUT2D eigenvalue weighted by atomic mass is 9.75. The Labute approximate surface area is 198 Å². The van der Waals surface area contributed by atoms with E-state index in [1.807, 2.05) is 0 Å². The van der Waals surface area contributed by atoms with Gasteiger partial charge in [0.2, 0.25) is 12.7 Å². The number of β-lactam (4-membered cyclic amide) rings is 1. The summed E-state index contributed by atoms with van der Waals surface area (Å²) in [6.45, 7) is 7.78. The molecule has 2 saturated heterocycles. The Kier molecular flexibility index (Phi) is 7.70. The third-order valence-corrected chi connectivity index (χ3v) is 10.6. The summed E-state index contributed by atoms with van der Waals surface area (Å²) in [6, 6.07) is 0. The average Bonchev–Trinajstić information content (AvgIpc) is 3.28. The maximum atomic E-state index is 12.9. The van der Waals surface area contributed by atoms with Gasteiger partial charge < -0.3 is 19.3 Å². The molecule has 3 heterocycles. The topological polar surface area (TPSA) is 119 Å². The van der Waals surface area contributed by atoms with Gasteiger partial charge in [0.25, 0.3) is 0 Å². The van der Waals surface area contributed by atoms with Gasteiger partial charge in [-0.3, -0.25) is 13.9 Å². The highest BCUT2D eigenvalue weighted by Gasteiger charge is 2.66. The molecule has 0 aliphatic carbocycles. The molecule has 0 bridgehead atoms. The summed E-state index contributed by atoms with van der Waals surface area (Å²) < 4.78 is 27.9. The molecule has 0 radical (unpaired) electrons. The minimum Gasteiger partial charge on any atom is -0.426 e. The molecule has 0 aromatic heterocycles. The van der Waals surface area contributed by atoms with Gasteiger partial charge >= 0.3 is 11.9 Å². The number of rotatable bonds is 9. The van der Waals surface area contributed by atoms with Crippen LogP contribution < -0.4 is 0 Å². The highest BCUT2D eigenvalue weighted by Crippen LogP contribution is 2.60. The van der Waals surface area contributed by atoms with Crippen molar-refractivity contribution in [3.05, 3.63) is 9.93 Å². The number of aliphatic hydroxyl groups excluding tert-OH is 1. The van der Waals surface area contributed by atoms with E-state index in [0.29, 0.717) is 22.3 Å². The predicted octanol–water partition coefficient (Wildman–Crippen LogP) is 1.57. The largest absolute Gasteiger partial charge is 0.426 e. The van der Waals surface area contributed by atoms with Crippen molar-refractivity contribution in [2.75, 3.05) is 24.9 Å². The van der Waals surface area contributed by atoms with Crippen LogP contribution in [0.5, 0.6) is 0 Å². The van der Waals surface area contributed by atoms with Crippen molar-refractivity contribution in [3.8, 4) is 0 Å². The zero-order valence-electron chi connectivity index (χ0n) is 18.7. The number of aliphatic hydroxyl groups is 1. The molecule has 0 saturated carbocycles. The van der Waals surface area contributed by atoms with Gasteiger partial charge in [-0.25, -0.2) is 9.59 Å². The second-order valence-electron chi connectivity index (χ2n) is 8.50. The Morgan fingerprint density at radius 3 is 2.66 bits per heavy atom. The summed E-state index contributed by atoms with van der Waals surface area (Å²) in [5, 5.41) is 9.82. The molecule has 0 spiro atoms. The molecule has 2 fully saturated rings. The van der Waals surface area contributed by atoms with Crippen LogP contribution in [0.2, 0.25) is 0 Å². The van der Waals surface area contributed by atoms with Crippen LogP contribution in [0.25, 0.3) is 0 Å². The minimum absolute atomic E-state index is 0.0672. The maximum absolute atomic E-state index is 12.9. The molecule has 5 atom stereocenters. The van der Waals surface area contributed by atoms with Gasteiger partial charge in [0.05, 0.1) is 10.3 Å². The number of ether oxygens (including phenoxy) is 3. The minimum atomic E-state index is -1.18. The molecular formula is C20H29NO8S3. The molecule has 180 valence electrons. The van der Waals surface area contributed by atoms with Gasteiger partial charge in [-0.2, -0.15) is 0 Å². The predicted molar refractivity (Wildman–Crippen MR) is 122 cm³/mol. The van der Waals surface area contributed by atoms with Crippen LogP contribution in [0.1, 0.15) is 41.0 Å². The van der Waals surface area contributed by atoms with Gasteiger partial charge in [0, 0.05) is 34.2 Å². The Bertz CT molecular complexity index is 858. The van der Waals surface area contributed by atoms with Crippen LogP contribution in [0.15, 0.2) is 9.93 Å². The van der Waals surface area contributed by atoms with Crippen LogP contribution in [-0.2, 0) is 39.4 Å². The molecule has 1 amide bonds. The molecule has 1 unspecified atom stereocenters. The van der Waals surface area contributed by atoms with Gasteiger partial charge in [-0.15, -0.1) is 11.8 Å². The Hall–Kier alpha value is -1.08. The molecular weight excluding hydrogens is 478 g/mol. The van der Waals surface area contributed by atoms with Crippen LogP contribution in [0, 0.1) is 5.41 Å². The van der Waals surface area contributed by atoms with Crippen molar-refractivity contribution >= 4 is 52.2 Å². The molecule has 0 aromatic rings. The number of amides is 1. The summed E-state index contributed by atoms with van der Waals surface area (Å²) >= 11 is 2.75. The molecule has 3 aliphatic rings. The van der Waals surface area contributed by atoms with Crippen LogP contribution >= 0.6 is 23.5 Å². The van der Waals surface area contributed by atoms with Gasteiger partial charge in [0.1, 0.15) is 10.8 Å². The smallest absolute Gasteiger partial charge is 0.359 e. The lowest BCUT2D eigenvalue weighted by Gasteiger charge is -2.52. The summed E-state index contributed by atoms with van der Waals surface area (Å²) in [5.41, 5.74) is -2.11. The highest BCUT2D eigenvalue weighted by molar-refractivity contribution is 8.23. The quantitative estimate of drug-likeness (QED) is 0.280. The van der Waals surface area contributed by atoms with E-state index in [1.165, 1.54) is 28.4 Å². The number of hydrogen-bond donors (Lipinski definition) is 1. The third kappa shape index (κ3) is 4.61. The average molecular weight is 508 g/mol. The third-order valence-electron chi connectivity index (χ3n) is 5.83. The number of carbonyl (C=O) groups excluding carboxylic acids is 3. The molecule has 1 N–H and O–H groups in total. The van der Waals surface area contributed by atoms with Crippen LogP contribution in [-0.4, -0.2) is 79.3 Å². The molecule has 0 aromatic carbocycles. The van der Waals surface area contributed by atoms with Crippen LogP contribution in [0.3, 0.4) is 0 Å². The van der Waals surface area contributed by atoms with E-state index < -0.39 is 52.0 Å². The van der Waals surface area contributed by atoms with Crippen molar-refractivity contribution in [3.63, 3.8) is 0 Å². The summed E-state index contributed by atoms with van der Waals surface area (Å²) in [6.07, 6.45) is -0.147. The van der Waals surface area contributed by atoms with E-state index in [0.717, 1.165) is 6.42 Å². The van der Waals surface area contributed by atoms with E-state index in [2.05, 4.69) is 0 Å². The molecule has 9 nitrogen and oxygen atoms in total. The fourth-order valence-electron chi connectivity index (χ4n) is 3.65. The van der Waals surface area contributed by atoms with Crippen molar-refractivity contribution in [1.82, 2.24) is 4.90 Å². The first-order valence-electron chi connectivity index (χ1n) is 10.4. The fourth-order valence-corrected chi connectivity index (χ4v) is 8.91. The van der Waals surface area contributed by atoms with E-state index >= 15 is 0 Å². The normalized spacial score (nSPS) is 30.8. The summed E-state index contributed by atoms with van der Waals surface area (Å²) in [4.78, 5) is 39.3. The van der Waals surface area contributed by atoms with E-state index in [4.69, 9.17) is 14.2 Å². The van der Waals surface area contributed by atoms with Crippen molar-refractivity contribution in [2.45, 2.75) is 63.4 Å². The summed E-state index contributed by atoms with van der Waals surface area (Å²) in [5.74, 6) is -0.697. The van der Waals surface area contributed by atoms with Crippen LogP contribution in [0.4, 0.5) is 0 Å². The van der Waals surface area contributed by atoms with Crippen molar-refractivity contribution in [2.24, 2.45) is 5.41 Å². The Balaban J connectivity index is 1.73. The SMILES string of the molecule is CCOC(C)(C)C(=O)OCOC(=O)C1=C(S[C@H]2CCS(=O)C2)S[C@H]2N1C(=O)[C@]2(C)[C@@H](C)O. The van der Waals surface area contributed by atoms with Gasteiger partial charge in [-0.1, -0.05) is 11.8 Å². The Morgan fingerprint density at radius 1 is 1.41 bits per heavy atom. The molecule has 12 heteroatoms. The first-order valence-corrected chi connectivity index (χ1v) is 13.6. The number of fused-ring (bicyclic) bond motifs is 1. The van der Waals surface area contributed by atoms with E-state index in [1.54, 1.807) is 34.6 Å². The van der Waals surface area contributed by atoms with E-state index in [9.17, 15) is 23.7 Å². The number of hydrogen-bond acceptors (Lipinski definition) is 10. The lowest BCUT2D eigenvalue weighted by Crippen LogP contribution is -2.68. The lowest BCUT2D eigenvalue weighted by molar-refractivity contribution is -0.185. The van der Waals surface area contributed by atoms with Crippen molar-refractivity contribution < 1.29 is 37.9 Å². The van der Waals surface area contributed by atoms with Crippen molar-refractivity contribution in [1.29, 1.82) is 0 Å². The first kappa shape index (κ1) is 25.5. The number of esters is 2. The number of carbonyl (C=O) groups is 3. The maximum Gasteiger partial charge on any atom is 0.359 e. The first-order chi connectivity index (χ1) is 14.9. The summed E-state index contributed by atoms with van der Waals surface area (Å²) in [7, 11) is -0.886. The van der Waals surface area contributed by atoms with Gasteiger partial charge in [0.15, 0.2) is 11.3 Å². The number of nitrogens with zero attached hydrogens (tertiary/aromatic N) is 1. The monoisotopic (exact) mass is 507 g/mol. The number of thioether (sulfide) groups is 2. The highest BCUT2D eigenvalue weighted by atomic mass is 32.2. The molecule has 3 rings (SSSR count). The Morgan fingerprint density at radius 2 is 2.09 bits per heavy atom. The zero-order valence-corrected chi connectivity index (χ0v) is 21.2. The molecule has 32 heavy (non-hydrogen) atoms. The fraction of sp³-hybridized carbons (Fsp3) is 0.750. The second-order valence-corrected chi connectivity index (χ2v) is 12.8. The second kappa shape index (κ2) is 9.65. The standard InChI is InChI=1S/C20H29NO8S3/c1-6-29-19(3,4)18(25)28-10-27-14(23)13-15(30-12-7-8-32(26)9-12)31-17-20(5,11(2)22)16(24)21(13)17/h11-12,17,22H,6-10H2,1-5H3/t11-,12+,17-,20+,32?/m1/s1. The zero-order chi connectivity index (χ0) is 23.8. The molecule has 3 aliphatic heterocycles.